The number of nitrogens with zero attached hydrogens (tertiary/aromatic N) is 1. The monoisotopic (exact) mass is 195 g/mol. The van der Waals surface area contributed by atoms with Crippen LogP contribution in [0, 0.1) is 5.21 Å². The Morgan fingerprint density at radius 3 is 2.64 bits per heavy atom. The van der Waals surface area contributed by atoms with Crippen LogP contribution in [-0.2, 0) is 11.2 Å². The molecule has 0 saturated carbocycles. The van der Waals surface area contributed by atoms with Crippen molar-refractivity contribution in [1.82, 2.24) is 0 Å². The first-order chi connectivity index (χ1) is 6.83. The molecule has 0 bridgehead atoms. The van der Waals surface area contributed by atoms with Crippen LogP contribution in [-0.4, -0.2) is 13.2 Å². The third-order valence-electron chi connectivity index (χ3n) is 1.97. The summed E-state index contributed by atoms with van der Waals surface area (Å²) in [5.41, 5.74) is 1.19. The first-order valence-electron chi connectivity index (χ1n) is 5.08. The highest BCUT2D eigenvalue weighted by molar-refractivity contribution is 5.07. The van der Waals surface area contributed by atoms with Crippen LogP contribution in [0.25, 0.3) is 0 Å². The van der Waals surface area contributed by atoms with Gasteiger partial charge < -0.3 is 9.94 Å². The summed E-state index contributed by atoms with van der Waals surface area (Å²) >= 11 is 0. The topological polar surface area (TPSA) is 36.2 Å². The number of aromatic nitrogens is 1. The van der Waals surface area contributed by atoms with Gasteiger partial charge in [-0.25, -0.2) is 0 Å². The van der Waals surface area contributed by atoms with Crippen LogP contribution in [0.1, 0.15) is 25.3 Å². The summed E-state index contributed by atoms with van der Waals surface area (Å²) in [6.07, 6.45) is 6.12. The van der Waals surface area contributed by atoms with Crippen molar-refractivity contribution in [2.24, 2.45) is 0 Å². The van der Waals surface area contributed by atoms with Crippen LogP contribution >= 0.6 is 0 Å². The van der Waals surface area contributed by atoms with Gasteiger partial charge in [-0.15, -0.1) is 0 Å². The molecule has 0 spiro atoms. The maximum absolute atomic E-state index is 10.7. The molecule has 1 aromatic heterocycles. The lowest BCUT2D eigenvalue weighted by Crippen LogP contribution is -2.23. The second-order valence-corrected chi connectivity index (χ2v) is 3.28. The van der Waals surface area contributed by atoms with Gasteiger partial charge in [-0.3, -0.25) is 0 Å². The van der Waals surface area contributed by atoms with Crippen LogP contribution in [0.5, 0.6) is 0 Å². The van der Waals surface area contributed by atoms with Gasteiger partial charge in [-0.05, 0) is 24.8 Å². The van der Waals surface area contributed by atoms with Gasteiger partial charge >= 0.3 is 0 Å². The Morgan fingerprint density at radius 2 is 2.00 bits per heavy atom. The minimum absolute atomic E-state index is 0.803. The maximum Gasteiger partial charge on any atom is 0.180 e. The highest BCUT2D eigenvalue weighted by Gasteiger charge is 1.95. The summed E-state index contributed by atoms with van der Waals surface area (Å²) < 4.78 is 6.16. The van der Waals surface area contributed by atoms with Gasteiger partial charge in [-0.2, -0.15) is 4.73 Å². The Bertz CT molecular complexity index is 246. The minimum Gasteiger partial charge on any atom is -0.619 e. The molecule has 0 aliphatic rings. The molecular formula is C11H17NO2. The molecule has 0 aliphatic carbocycles. The third-order valence-corrected chi connectivity index (χ3v) is 1.97. The van der Waals surface area contributed by atoms with Crippen molar-refractivity contribution < 1.29 is 9.47 Å². The number of hydrogen-bond acceptors (Lipinski definition) is 2. The summed E-state index contributed by atoms with van der Waals surface area (Å²) in [5, 5.41) is 10.7. The Kier molecular flexibility index (Phi) is 5.00. The average molecular weight is 195 g/mol. The second kappa shape index (κ2) is 6.38. The van der Waals surface area contributed by atoms with Gasteiger partial charge in [0.1, 0.15) is 0 Å². The standard InChI is InChI=1S/C11H17NO2/c1-2-9-14-10-3-4-11-5-7-12(13)8-6-11/h5-8H,2-4,9-10H2,1H3. The lowest BCUT2D eigenvalue weighted by molar-refractivity contribution is -0.605. The quantitative estimate of drug-likeness (QED) is 0.393. The van der Waals surface area contributed by atoms with E-state index in [0.717, 1.165) is 37.2 Å². The van der Waals surface area contributed by atoms with Crippen molar-refractivity contribution >= 4 is 0 Å². The molecule has 0 amide bonds. The molecule has 14 heavy (non-hydrogen) atoms. The Hall–Kier alpha value is -1.09. The van der Waals surface area contributed by atoms with E-state index >= 15 is 0 Å². The molecule has 1 aromatic rings. The van der Waals surface area contributed by atoms with E-state index in [-0.39, 0.29) is 0 Å². The van der Waals surface area contributed by atoms with Crippen LogP contribution in [0.4, 0.5) is 0 Å². The lowest BCUT2D eigenvalue weighted by Gasteiger charge is -2.02. The molecule has 0 aliphatic heterocycles. The summed E-state index contributed by atoms with van der Waals surface area (Å²) in [7, 11) is 0. The molecule has 78 valence electrons. The summed E-state index contributed by atoms with van der Waals surface area (Å²) in [5.74, 6) is 0. The van der Waals surface area contributed by atoms with Gasteiger partial charge in [0.2, 0.25) is 0 Å². The predicted octanol–water partition coefficient (Wildman–Crippen LogP) is 1.68. The van der Waals surface area contributed by atoms with E-state index in [0.29, 0.717) is 0 Å². The van der Waals surface area contributed by atoms with E-state index in [4.69, 9.17) is 4.74 Å². The molecular weight excluding hydrogens is 178 g/mol. The van der Waals surface area contributed by atoms with Crippen molar-refractivity contribution in [2.45, 2.75) is 26.2 Å². The number of pyridine rings is 1. The predicted molar refractivity (Wildman–Crippen MR) is 54.8 cm³/mol. The smallest absolute Gasteiger partial charge is 0.180 e. The van der Waals surface area contributed by atoms with E-state index < -0.39 is 0 Å². The number of rotatable bonds is 6. The number of aryl methyl sites for hydroxylation is 1. The molecule has 0 unspecified atom stereocenters. The first-order valence-corrected chi connectivity index (χ1v) is 5.08. The molecule has 3 nitrogen and oxygen atoms in total. The number of hydrogen-bond donors (Lipinski definition) is 0. The number of ether oxygens (including phenoxy) is 1. The zero-order valence-electron chi connectivity index (χ0n) is 8.61. The summed E-state index contributed by atoms with van der Waals surface area (Å²) in [6.45, 7) is 3.75. The fourth-order valence-electron chi connectivity index (χ4n) is 1.24. The van der Waals surface area contributed by atoms with E-state index in [9.17, 15) is 5.21 Å². The summed E-state index contributed by atoms with van der Waals surface area (Å²) in [4.78, 5) is 0. The Morgan fingerprint density at radius 1 is 1.29 bits per heavy atom. The zero-order valence-corrected chi connectivity index (χ0v) is 8.61. The van der Waals surface area contributed by atoms with Crippen molar-refractivity contribution in [3.05, 3.63) is 35.3 Å². The molecule has 0 radical (unpaired) electrons. The van der Waals surface area contributed by atoms with Crippen molar-refractivity contribution in [2.75, 3.05) is 13.2 Å². The molecule has 0 N–H and O–H groups in total. The van der Waals surface area contributed by atoms with E-state index in [1.165, 1.54) is 18.0 Å². The summed E-state index contributed by atoms with van der Waals surface area (Å²) in [6, 6.07) is 3.71. The van der Waals surface area contributed by atoms with Gasteiger partial charge in [0.15, 0.2) is 12.4 Å². The van der Waals surface area contributed by atoms with Crippen molar-refractivity contribution in [3.63, 3.8) is 0 Å². The highest BCUT2D eigenvalue weighted by Crippen LogP contribution is 2.00. The zero-order chi connectivity index (χ0) is 10.2. The third kappa shape index (κ3) is 4.23. The van der Waals surface area contributed by atoms with Crippen LogP contribution < -0.4 is 4.73 Å². The van der Waals surface area contributed by atoms with E-state index in [2.05, 4.69) is 6.92 Å². The minimum atomic E-state index is 0.803. The van der Waals surface area contributed by atoms with Crippen molar-refractivity contribution in [3.8, 4) is 0 Å². The van der Waals surface area contributed by atoms with E-state index in [1.54, 1.807) is 0 Å². The van der Waals surface area contributed by atoms with Gasteiger partial charge in [-0.1, -0.05) is 6.92 Å². The maximum atomic E-state index is 10.7. The molecule has 1 heterocycles. The molecule has 0 aromatic carbocycles. The lowest BCUT2D eigenvalue weighted by atomic mass is 10.1. The van der Waals surface area contributed by atoms with Crippen LogP contribution in [0.15, 0.2) is 24.5 Å². The largest absolute Gasteiger partial charge is 0.619 e. The molecule has 1 rings (SSSR count). The van der Waals surface area contributed by atoms with Gasteiger partial charge in [0.05, 0.1) is 0 Å². The molecule has 0 fully saturated rings. The molecule has 0 atom stereocenters. The Balaban J connectivity index is 2.15. The van der Waals surface area contributed by atoms with Gasteiger partial charge in [0.25, 0.3) is 0 Å². The Labute approximate surface area is 84.9 Å². The fraction of sp³-hybridized carbons (Fsp3) is 0.545. The second-order valence-electron chi connectivity index (χ2n) is 3.28. The fourth-order valence-corrected chi connectivity index (χ4v) is 1.24. The molecule has 3 heteroatoms. The SMILES string of the molecule is CCCOCCCc1cc[n+]([O-])cc1. The van der Waals surface area contributed by atoms with Gasteiger partial charge in [0, 0.05) is 25.3 Å². The highest BCUT2D eigenvalue weighted by atomic mass is 16.5. The van der Waals surface area contributed by atoms with Crippen LogP contribution in [0.2, 0.25) is 0 Å². The van der Waals surface area contributed by atoms with Crippen molar-refractivity contribution in [1.29, 1.82) is 0 Å². The van der Waals surface area contributed by atoms with Crippen LogP contribution in [0.3, 0.4) is 0 Å². The molecule has 0 saturated heterocycles. The van der Waals surface area contributed by atoms with E-state index in [1.807, 2.05) is 12.1 Å². The average Bonchev–Trinajstić information content (AvgIpc) is 2.21. The normalized spacial score (nSPS) is 10.4. The first kappa shape index (κ1) is 11.0.